The third-order valence-electron chi connectivity index (χ3n) is 5.41. The van der Waals surface area contributed by atoms with Crippen molar-refractivity contribution in [1.29, 1.82) is 0 Å². The summed E-state index contributed by atoms with van der Waals surface area (Å²) in [5.41, 5.74) is 2.67. The molecule has 0 fully saturated rings. The molecule has 2 heterocycles. The highest BCUT2D eigenvalue weighted by atomic mass is 79.9. The van der Waals surface area contributed by atoms with Crippen molar-refractivity contribution in [2.75, 3.05) is 17.2 Å². The van der Waals surface area contributed by atoms with Crippen molar-refractivity contribution >= 4 is 84.6 Å². The summed E-state index contributed by atoms with van der Waals surface area (Å²) in [4.78, 5) is 14.0. The lowest BCUT2D eigenvalue weighted by molar-refractivity contribution is 0.0527. The number of thiophene rings is 1. The second-order valence-corrected chi connectivity index (χ2v) is 11.0. The van der Waals surface area contributed by atoms with Gasteiger partial charge in [0.1, 0.15) is 5.00 Å². The maximum Gasteiger partial charge on any atom is 0.341 e. The average molecular weight is 602 g/mol. The van der Waals surface area contributed by atoms with Crippen LogP contribution in [0.1, 0.15) is 52.5 Å². The molecule has 0 unspecified atom stereocenters. The van der Waals surface area contributed by atoms with Crippen molar-refractivity contribution in [2.45, 2.75) is 45.6 Å². The summed E-state index contributed by atoms with van der Waals surface area (Å²) in [6.07, 6.45) is 7.07. The molecule has 4 rings (SSSR count). The molecule has 0 amide bonds. The highest BCUT2D eigenvalue weighted by Gasteiger charge is 2.26. The summed E-state index contributed by atoms with van der Waals surface area (Å²) < 4.78 is 7.88. The molecule has 34 heavy (non-hydrogen) atoms. The van der Waals surface area contributed by atoms with Crippen LogP contribution in [0.3, 0.4) is 0 Å². The summed E-state index contributed by atoms with van der Waals surface area (Å²) in [5, 5.41) is 13.0. The Labute approximate surface area is 226 Å². The van der Waals surface area contributed by atoms with Crippen LogP contribution in [0.25, 0.3) is 0 Å². The van der Waals surface area contributed by atoms with E-state index in [-0.39, 0.29) is 5.97 Å². The molecule has 1 aromatic carbocycles. The predicted octanol–water partition coefficient (Wildman–Crippen LogP) is 7.32. The molecule has 0 saturated heterocycles. The topological polar surface area (TPSA) is 68.2 Å². The molecule has 6 nitrogen and oxygen atoms in total. The Morgan fingerprint density at radius 1 is 1.24 bits per heavy atom. The van der Waals surface area contributed by atoms with E-state index in [2.05, 4.69) is 31.7 Å². The van der Waals surface area contributed by atoms with Gasteiger partial charge >= 0.3 is 5.97 Å². The number of ether oxygens (including phenoxy) is 1. The second-order valence-electron chi connectivity index (χ2n) is 7.84. The van der Waals surface area contributed by atoms with Gasteiger partial charge in [0.25, 0.3) is 0 Å². The first-order valence-corrected chi connectivity index (χ1v) is 13.7. The van der Waals surface area contributed by atoms with E-state index >= 15 is 0 Å². The van der Waals surface area contributed by atoms with Crippen LogP contribution in [0.5, 0.6) is 0 Å². The summed E-state index contributed by atoms with van der Waals surface area (Å²) in [6, 6.07) is 5.48. The highest BCUT2D eigenvalue weighted by molar-refractivity contribution is 9.10. The number of nitrogens with zero attached hydrogens (tertiary/aromatic N) is 2. The fraction of sp³-hybridized carbons (Fsp3) is 0.348. The number of aryl methyl sites for hydroxylation is 1. The SMILES string of the molecule is CCOC(=O)c1c(NC(=S)Nc2nn(Cc3ccc(Cl)c(Cl)c3)cc2Br)sc2c1CCCCC2. The molecule has 0 atom stereocenters. The van der Waals surface area contributed by atoms with E-state index in [4.69, 9.17) is 40.2 Å². The minimum Gasteiger partial charge on any atom is -0.462 e. The van der Waals surface area contributed by atoms with E-state index in [0.717, 1.165) is 41.3 Å². The van der Waals surface area contributed by atoms with E-state index in [1.165, 1.54) is 11.3 Å². The lowest BCUT2D eigenvalue weighted by Crippen LogP contribution is -2.21. The van der Waals surface area contributed by atoms with Crippen LogP contribution in [0.2, 0.25) is 10.0 Å². The molecule has 0 saturated carbocycles. The number of fused-ring (bicyclic) bond motifs is 1. The number of halogens is 3. The van der Waals surface area contributed by atoms with Gasteiger partial charge in [-0.25, -0.2) is 4.79 Å². The largest absolute Gasteiger partial charge is 0.462 e. The fourth-order valence-electron chi connectivity index (χ4n) is 3.88. The van der Waals surface area contributed by atoms with Crippen molar-refractivity contribution in [3.8, 4) is 0 Å². The molecule has 180 valence electrons. The molecule has 11 heteroatoms. The molecular weight excluding hydrogens is 579 g/mol. The van der Waals surface area contributed by atoms with Crippen LogP contribution in [0, 0.1) is 0 Å². The van der Waals surface area contributed by atoms with Gasteiger partial charge in [0, 0.05) is 11.1 Å². The first kappa shape index (κ1) is 25.4. The lowest BCUT2D eigenvalue weighted by Gasteiger charge is -2.11. The third kappa shape index (κ3) is 5.94. The lowest BCUT2D eigenvalue weighted by atomic mass is 10.1. The van der Waals surface area contributed by atoms with E-state index in [1.54, 1.807) is 22.1 Å². The number of thiocarbonyl (C=S) groups is 1. The van der Waals surface area contributed by atoms with Gasteiger partial charge in [-0.15, -0.1) is 11.3 Å². The molecule has 1 aliphatic carbocycles. The molecular formula is C23H23BrCl2N4O2S2. The number of benzene rings is 1. The Bertz CT molecular complexity index is 1230. The number of esters is 1. The van der Waals surface area contributed by atoms with Gasteiger partial charge < -0.3 is 15.4 Å². The van der Waals surface area contributed by atoms with Crippen molar-refractivity contribution in [2.24, 2.45) is 0 Å². The Hall–Kier alpha value is -1.65. The van der Waals surface area contributed by atoms with Crippen molar-refractivity contribution < 1.29 is 9.53 Å². The molecule has 3 aromatic rings. The smallest absolute Gasteiger partial charge is 0.341 e. The first-order valence-electron chi connectivity index (χ1n) is 10.9. The number of hydrogen-bond donors (Lipinski definition) is 2. The Kier molecular flexibility index (Phi) is 8.52. The monoisotopic (exact) mass is 600 g/mol. The maximum absolute atomic E-state index is 12.8. The van der Waals surface area contributed by atoms with Gasteiger partial charge in [0.15, 0.2) is 10.9 Å². The second kappa shape index (κ2) is 11.4. The zero-order chi connectivity index (χ0) is 24.2. The summed E-state index contributed by atoms with van der Waals surface area (Å²) in [7, 11) is 0. The van der Waals surface area contributed by atoms with Gasteiger partial charge in [0.2, 0.25) is 0 Å². The Morgan fingerprint density at radius 2 is 2.03 bits per heavy atom. The Morgan fingerprint density at radius 3 is 2.79 bits per heavy atom. The molecule has 2 N–H and O–H groups in total. The minimum atomic E-state index is -0.306. The zero-order valence-electron chi connectivity index (χ0n) is 18.4. The van der Waals surface area contributed by atoms with Crippen LogP contribution in [-0.4, -0.2) is 27.5 Å². The number of aromatic nitrogens is 2. The van der Waals surface area contributed by atoms with Crippen LogP contribution in [-0.2, 0) is 24.1 Å². The standard InChI is InChI=1S/C23H23BrCl2N4O2S2/c1-2-32-22(31)19-14-6-4-3-5-7-18(14)34-21(19)28-23(33)27-20-15(24)12-30(29-20)11-13-8-9-16(25)17(26)10-13/h8-10,12H,2-7,11H2,1H3,(H2,27,28,29,33). The van der Waals surface area contributed by atoms with Crippen LogP contribution >= 0.6 is 62.7 Å². The van der Waals surface area contributed by atoms with Crippen molar-refractivity contribution in [1.82, 2.24) is 9.78 Å². The number of carbonyl (C=O) groups excluding carboxylic acids is 1. The zero-order valence-corrected chi connectivity index (χ0v) is 23.2. The number of anilines is 2. The van der Waals surface area contributed by atoms with Gasteiger partial charge in [-0.3, -0.25) is 4.68 Å². The normalized spacial score (nSPS) is 13.2. The number of hydrogen-bond acceptors (Lipinski definition) is 5. The maximum atomic E-state index is 12.8. The molecule has 2 aromatic heterocycles. The van der Waals surface area contributed by atoms with Crippen LogP contribution < -0.4 is 10.6 Å². The summed E-state index contributed by atoms with van der Waals surface area (Å²) in [5.74, 6) is 0.257. The number of carbonyl (C=O) groups is 1. The summed E-state index contributed by atoms with van der Waals surface area (Å²) >= 11 is 22.8. The minimum absolute atomic E-state index is 0.306. The van der Waals surface area contributed by atoms with E-state index in [9.17, 15) is 4.79 Å². The van der Waals surface area contributed by atoms with Gasteiger partial charge in [-0.1, -0.05) is 35.7 Å². The Balaban J connectivity index is 1.50. The van der Waals surface area contributed by atoms with Crippen molar-refractivity contribution in [3.63, 3.8) is 0 Å². The fourth-order valence-corrected chi connectivity index (χ4v) is 6.16. The van der Waals surface area contributed by atoms with E-state index < -0.39 is 0 Å². The van der Waals surface area contributed by atoms with Crippen molar-refractivity contribution in [3.05, 3.63) is 60.5 Å². The van der Waals surface area contributed by atoms with E-state index in [0.29, 0.717) is 44.7 Å². The number of rotatable bonds is 6. The molecule has 1 aliphatic rings. The third-order valence-corrected chi connectivity index (χ3v) is 8.14. The highest BCUT2D eigenvalue weighted by Crippen LogP contribution is 2.38. The van der Waals surface area contributed by atoms with Crippen LogP contribution in [0.15, 0.2) is 28.9 Å². The average Bonchev–Trinajstić information content (AvgIpc) is 3.20. The molecule has 0 radical (unpaired) electrons. The number of nitrogens with one attached hydrogen (secondary N) is 2. The molecule has 0 spiro atoms. The van der Waals surface area contributed by atoms with Crippen LogP contribution in [0.4, 0.5) is 10.8 Å². The van der Waals surface area contributed by atoms with Gasteiger partial charge in [-0.05, 0) is 84.0 Å². The van der Waals surface area contributed by atoms with Gasteiger partial charge in [-0.2, -0.15) is 5.10 Å². The molecule has 0 aliphatic heterocycles. The molecule has 0 bridgehead atoms. The first-order chi connectivity index (χ1) is 16.4. The van der Waals surface area contributed by atoms with Gasteiger partial charge in [0.05, 0.1) is 33.2 Å². The quantitative estimate of drug-likeness (QED) is 0.175. The van der Waals surface area contributed by atoms with E-state index in [1.807, 2.05) is 25.3 Å². The summed E-state index contributed by atoms with van der Waals surface area (Å²) in [6.45, 7) is 2.66. The predicted molar refractivity (Wildman–Crippen MR) is 147 cm³/mol.